The van der Waals surface area contributed by atoms with E-state index in [9.17, 15) is 9.59 Å². The topological polar surface area (TPSA) is 76.1 Å². The van der Waals surface area contributed by atoms with E-state index >= 15 is 0 Å². The molecular weight excluding hydrogens is 370 g/mol. The van der Waals surface area contributed by atoms with Gasteiger partial charge in [-0.2, -0.15) is 0 Å². The highest BCUT2D eigenvalue weighted by Crippen LogP contribution is 2.40. The first-order valence-electron chi connectivity index (χ1n) is 8.38. The maximum atomic E-state index is 13.0. The molecule has 1 aliphatic heterocycles. The van der Waals surface area contributed by atoms with E-state index in [2.05, 4.69) is 0 Å². The van der Waals surface area contributed by atoms with Gasteiger partial charge in [0.1, 0.15) is 18.1 Å². The van der Waals surface area contributed by atoms with Crippen LogP contribution in [0.1, 0.15) is 29.8 Å². The standard InChI is InChI=1S/C20H20ClNO5/c1-20(2)19(25)22(10-13-4-6-14(26-3)9-15(13)21)16-8-12(17(24)11-23)5-7-18(16)27-20/h4-9,23H,10-11H2,1-3H3. The molecule has 0 radical (unpaired) electrons. The minimum atomic E-state index is -1.06. The van der Waals surface area contributed by atoms with Crippen molar-refractivity contribution in [3.63, 3.8) is 0 Å². The van der Waals surface area contributed by atoms with Crippen LogP contribution in [0.3, 0.4) is 0 Å². The number of halogens is 1. The Morgan fingerprint density at radius 2 is 2.00 bits per heavy atom. The maximum Gasteiger partial charge on any atom is 0.271 e. The minimum Gasteiger partial charge on any atom is -0.497 e. The van der Waals surface area contributed by atoms with Gasteiger partial charge in [0.15, 0.2) is 11.4 Å². The zero-order valence-electron chi connectivity index (χ0n) is 15.3. The third-order valence-corrected chi connectivity index (χ3v) is 4.78. The van der Waals surface area contributed by atoms with Gasteiger partial charge in [0.2, 0.25) is 0 Å². The highest BCUT2D eigenvalue weighted by Gasteiger charge is 2.41. The molecule has 0 unspecified atom stereocenters. The van der Waals surface area contributed by atoms with E-state index in [0.717, 1.165) is 5.56 Å². The fourth-order valence-corrected chi connectivity index (χ4v) is 3.17. The first-order valence-corrected chi connectivity index (χ1v) is 8.76. The van der Waals surface area contributed by atoms with Crippen LogP contribution in [0.5, 0.6) is 11.5 Å². The molecule has 142 valence electrons. The molecular formula is C20H20ClNO5. The Morgan fingerprint density at radius 3 is 2.63 bits per heavy atom. The predicted molar refractivity (Wildman–Crippen MR) is 102 cm³/mol. The molecule has 6 nitrogen and oxygen atoms in total. The lowest BCUT2D eigenvalue weighted by molar-refractivity contribution is -0.132. The number of hydrogen-bond donors (Lipinski definition) is 1. The molecule has 0 aliphatic carbocycles. The number of aliphatic hydroxyl groups excluding tert-OH is 1. The monoisotopic (exact) mass is 389 g/mol. The van der Waals surface area contributed by atoms with Crippen molar-refractivity contribution in [2.24, 2.45) is 0 Å². The molecule has 0 spiro atoms. The fourth-order valence-electron chi connectivity index (χ4n) is 2.94. The number of methoxy groups -OCH3 is 1. The van der Waals surface area contributed by atoms with Gasteiger partial charge in [-0.3, -0.25) is 9.59 Å². The number of fused-ring (bicyclic) bond motifs is 1. The number of rotatable bonds is 5. The Kier molecular flexibility index (Phi) is 5.13. The molecule has 2 aromatic rings. The first kappa shape index (κ1) is 19.2. The van der Waals surface area contributed by atoms with Crippen LogP contribution in [0.4, 0.5) is 5.69 Å². The second-order valence-corrected chi connectivity index (χ2v) is 7.13. The Hall–Kier alpha value is -2.57. The average Bonchev–Trinajstić information content (AvgIpc) is 2.65. The first-order chi connectivity index (χ1) is 12.8. The van der Waals surface area contributed by atoms with Crippen LogP contribution in [-0.4, -0.2) is 36.1 Å². The van der Waals surface area contributed by atoms with E-state index in [1.165, 1.54) is 0 Å². The largest absolute Gasteiger partial charge is 0.497 e. The summed E-state index contributed by atoms with van der Waals surface area (Å²) in [6, 6.07) is 10.00. The number of anilines is 1. The van der Waals surface area contributed by atoms with Gasteiger partial charge in [-0.1, -0.05) is 17.7 Å². The minimum absolute atomic E-state index is 0.207. The summed E-state index contributed by atoms with van der Waals surface area (Å²) in [6.07, 6.45) is 0. The molecule has 0 saturated carbocycles. The third-order valence-electron chi connectivity index (χ3n) is 4.43. The maximum absolute atomic E-state index is 13.0. The molecule has 1 amide bonds. The molecule has 1 N–H and O–H groups in total. The number of hydrogen-bond acceptors (Lipinski definition) is 5. The lowest BCUT2D eigenvalue weighted by atomic mass is 10.0. The van der Waals surface area contributed by atoms with Crippen molar-refractivity contribution in [2.45, 2.75) is 26.0 Å². The number of carbonyl (C=O) groups is 2. The van der Waals surface area contributed by atoms with Crippen LogP contribution in [0.25, 0.3) is 0 Å². The molecule has 0 fully saturated rings. The van der Waals surface area contributed by atoms with Gasteiger partial charge in [0.05, 0.1) is 19.3 Å². The van der Waals surface area contributed by atoms with E-state index in [0.29, 0.717) is 27.8 Å². The Balaban J connectivity index is 2.05. The lowest BCUT2D eigenvalue weighted by Crippen LogP contribution is -2.52. The van der Waals surface area contributed by atoms with E-state index in [1.807, 2.05) is 0 Å². The van der Waals surface area contributed by atoms with Gasteiger partial charge in [0, 0.05) is 10.6 Å². The van der Waals surface area contributed by atoms with E-state index in [1.54, 1.807) is 62.3 Å². The van der Waals surface area contributed by atoms with Crippen molar-refractivity contribution in [2.75, 3.05) is 18.6 Å². The number of aliphatic hydroxyl groups is 1. The number of carbonyl (C=O) groups excluding carboxylic acids is 2. The molecule has 0 saturated heterocycles. The highest BCUT2D eigenvalue weighted by molar-refractivity contribution is 6.31. The third kappa shape index (κ3) is 3.63. The number of ether oxygens (including phenoxy) is 2. The summed E-state index contributed by atoms with van der Waals surface area (Å²) in [5.41, 5.74) is 0.436. The summed E-state index contributed by atoms with van der Waals surface area (Å²) in [5.74, 6) is 0.417. The summed E-state index contributed by atoms with van der Waals surface area (Å²) >= 11 is 6.34. The summed E-state index contributed by atoms with van der Waals surface area (Å²) in [4.78, 5) is 26.4. The van der Waals surface area contributed by atoms with Gasteiger partial charge < -0.3 is 19.5 Å². The van der Waals surface area contributed by atoms with Crippen LogP contribution in [0.2, 0.25) is 5.02 Å². The molecule has 1 heterocycles. The van der Waals surface area contributed by atoms with Gasteiger partial charge in [-0.25, -0.2) is 0 Å². The van der Waals surface area contributed by atoms with Crippen molar-refractivity contribution < 1.29 is 24.2 Å². The summed E-state index contributed by atoms with van der Waals surface area (Å²) < 4.78 is 11.0. The summed E-state index contributed by atoms with van der Waals surface area (Å²) in [7, 11) is 1.55. The molecule has 3 rings (SSSR count). The number of nitrogens with zero attached hydrogens (tertiary/aromatic N) is 1. The van der Waals surface area contributed by atoms with E-state index in [4.69, 9.17) is 26.2 Å². The van der Waals surface area contributed by atoms with E-state index in [-0.39, 0.29) is 12.5 Å². The van der Waals surface area contributed by atoms with Crippen LogP contribution in [-0.2, 0) is 11.3 Å². The normalized spacial score (nSPS) is 15.1. The predicted octanol–water partition coefficient (Wildman–Crippen LogP) is 3.23. The van der Waals surface area contributed by atoms with E-state index < -0.39 is 18.0 Å². The average molecular weight is 390 g/mol. The Labute approximate surface area is 162 Å². The van der Waals surface area contributed by atoms with Gasteiger partial charge in [0.25, 0.3) is 5.91 Å². The van der Waals surface area contributed by atoms with Crippen LogP contribution in [0, 0.1) is 0 Å². The number of Topliss-reactive ketones (excluding diaryl/α,β-unsaturated/α-hetero) is 1. The van der Waals surface area contributed by atoms with Crippen molar-refractivity contribution in [3.8, 4) is 11.5 Å². The molecule has 0 aromatic heterocycles. The molecule has 0 bridgehead atoms. The second kappa shape index (κ2) is 7.21. The summed E-state index contributed by atoms with van der Waals surface area (Å²) in [6.45, 7) is 2.98. The number of amides is 1. The van der Waals surface area contributed by atoms with Crippen LogP contribution in [0.15, 0.2) is 36.4 Å². The van der Waals surface area contributed by atoms with Crippen molar-refractivity contribution in [1.82, 2.24) is 0 Å². The molecule has 7 heteroatoms. The van der Waals surface area contributed by atoms with Gasteiger partial charge in [-0.15, -0.1) is 0 Å². The quantitative estimate of drug-likeness (QED) is 0.794. The zero-order chi connectivity index (χ0) is 19.8. The number of benzene rings is 2. The van der Waals surface area contributed by atoms with Crippen molar-refractivity contribution in [1.29, 1.82) is 0 Å². The van der Waals surface area contributed by atoms with Gasteiger partial charge >= 0.3 is 0 Å². The Bertz CT molecular complexity index is 909. The van der Waals surface area contributed by atoms with Crippen molar-refractivity contribution in [3.05, 3.63) is 52.5 Å². The fraction of sp³-hybridized carbons (Fsp3) is 0.300. The zero-order valence-corrected chi connectivity index (χ0v) is 16.0. The summed E-state index contributed by atoms with van der Waals surface area (Å²) in [5, 5.41) is 9.59. The molecule has 1 aliphatic rings. The van der Waals surface area contributed by atoms with Crippen LogP contribution >= 0.6 is 11.6 Å². The van der Waals surface area contributed by atoms with Gasteiger partial charge in [-0.05, 0) is 49.7 Å². The smallest absolute Gasteiger partial charge is 0.271 e. The second-order valence-electron chi connectivity index (χ2n) is 6.72. The lowest BCUT2D eigenvalue weighted by Gasteiger charge is -2.39. The van der Waals surface area contributed by atoms with Crippen LogP contribution < -0.4 is 14.4 Å². The highest BCUT2D eigenvalue weighted by atomic mass is 35.5. The SMILES string of the molecule is COc1ccc(CN2C(=O)C(C)(C)Oc3ccc(C(=O)CO)cc32)c(Cl)c1. The Morgan fingerprint density at radius 1 is 1.26 bits per heavy atom. The number of ketones is 1. The molecule has 27 heavy (non-hydrogen) atoms. The molecule has 0 atom stereocenters. The van der Waals surface area contributed by atoms with Crippen molar-refractivity contribution >= 4 is 29.0 Å². The molecule has 2 aromatic carbocycles.